The average molecular weight is 458 g/mol. The van der Waals surface area contributed by atoms with E-state index in [2.05, 4.69) is 16.0 Å². The molecule has 0 spiro atoms. The van der Waals surface area contributed by atoms with Gasteiger partial charge in [-0.2, -0.15) is 0 Å². The predicted molar refractivity (Wildman–Crippen MR) is 123 cm³/mol. The van der Waals surface area contributed by atoms with E-state index in [4.69, 9.17) is 9.47 Å². The van der Waals surface area contributed by atoms with Crippen LogP contribution in [-0.4, -0.2) is 54.7 Å². The van der Waals surface area contributed by atoms with E-state index in [1.807, 2.05) is 34.6 Å². The number of carbonyl (C=O) groups is 4. The number of hydrogen-bond acceptors (Lipinski definition) is 6. The maximum absolute atomic E-state index is 13.0. The van der Waals surface area contributed by atoms with Crippen molar-refractivity contribution >= 4 is 23.9 Å². The van der Waals surface area contributed by atoms with Crippen molar-refractivity contribution in [2.45, 2.75) is 105 Å². The van der Waals surface area contributed by atoms with Crippen LogP contribution in [0.5, 0.6) is 0 Å². The normalized spacial score (nSPS) is 14.3. The van der Waals surface area contributed by atoms with Crippen LogP contribution >= 0.6 is 0 Å². The first-order valence-corrected chi connectivity index (χ1v) is 11.4. The van der Waals surface area contributed by atoms with Gasteiger partial charge in [0, 0.05) is 0 Å². The lowest BCUT2D eigenvalue weighted by atomic mass is 10.0. The summed E-state index contributed by atoms with van der Waals surface area (Å²) in [4.78, 5) is 50.1. The molecule has 0 rings (SSSR count). The molecule has 0 bridgehead atoms. The number of carbonyl (C=O) groups excluding carboxylic acids is 4. The van der Waals surface area contributed by atoms with E-state index in [1.54, 1.807) is 20.8 Å². The molecule has 0 aromatic heterocycles. The molecular formula is C23H43N3O6. The van der Waals surface area contributed by atoms with Gasteiger partial charge < -0.3 is 25.4 Å². The molecule has 0 radical (unpaired) electrons. The van der Waals surface area contributed by atoms with Gasteiger partial charge in [0.05, 0.1) is 7.11 Å². The fourth-order valence-corrected chi connectivity index (χ4v) is 3.08. The molecule has 0 aliphatic rings. The first-order valence-electron chi connectivity index (χ1n) is 11.4. The second kappa shape index (κ2) is 14.0. The van der Waals surface area contributed by atoms with Gasteiger partial charge >= 0.3 is 12.1 Å². The van der Waals surface area contributed by atoms with Gasteiger partial charge in [-0.1, -0.05) is 41.0 Å². The number of amides is 3. The summed E-state index contributed by atoms with van der Waals surface area (Å²) in [5.41, 5.74) is -0.702. The molecule has 0 aliphatic carbocycles. The molecule has 0 saturated carbocycles. The molecule has 1 unspecified atom stereocenters. The van der Waals surface area contributed by atoms with Crippen molar-refractivity contribution in [3.8, 4) is 0 Å². The summed E-state index contributed by atoms with van der Waals surface area (Å²) in [5, 5.41) is 8.04. The number of rotatable bonds is 12. The second-order valence-corrected chi connectivity index (χ2v) is 9.89. The fraction of sp³-hybridized carbons (Fsp3) is 0.826. The Morgan fingerprint density at radius 3 is 1.69 bits per heavy atom. The average Bonchev–Trinajstić information content (AvgIpc) is 2.63. The Kier molecular flexibility index (Phi) is 12.9. The van der Waals surface area contributed by atoms with Gasteiger partial charge in [0.2, 0.25) is 11.8 Å². The smallest absolute Gasteiger partial charge is 0.408 e. The molecule has 3 amide bonds. The third kappa shape index (κ3) is 12.5. The Morgan fingerprint density at radius 2 is 1.25 bits per heavy atom. The Balaban J connectivity index is 5.39. The molecule has 9 heteroatoms. The van der Waals surface area contributed by atoms with Gasteiger partial charge in [0.1, 0.15) is 23.7 Å². The highest BCUT2D eigenvalue weighted by molar-refractivity contribution is 5.93. The van der Waals surface area contributed by atoms with E-state index in [0.717, 1.165) is 0 Å². The minimum absolute atomic E-state index is 0.119. The summed E-state index contributed by atoms with van der Waals surface area (Å²) in [6, 6.07) is -2.50. The molecule has 0 aromatic rings. The summed E-state index contributed by atoms with van der Waals surface area (Å²) in [5.74, 6) is -1.19. The zero-order valence-corrected chi connectivity index (χ0v) is 21.2. The lowest BCUT2D eigenvalue weighted by molar-refractivity contribution is -0.146. The summed E-state index contributed by atoms with van der Waals surface area (Å²) in [7, 11) is 1.27. The topological polar surface area (TPSA) is 123 Å². The minimum Gasteiger partial charge on any atom is -0.467 e. The van der Waals surface area contributed by atoms with E-state index in [9.17, 15) is 19.2 Å². The van der Waals surface area contributed by atoms with E-state index >= 15 is 0 Å². The molecule has 3 atom stereocenters. The SMILES string of the molecule is CCCC(NC(=O)[C@H](CC(C)C)NC(=O)OC(C)(C)C)C(=O)N[C@@H](CC(C)C)C(=O)OC. The summed E-state index contributed by atoms with van der Waals surface area (Å²) < 4.78 is 10.1. The van der Waals surface area contributed by atoms with Crippen LogP contribution in [0.15, 0.2) is 0 Å². The first kappa shape index (κ1) is 29.7. The lowest BCUT2D eigenvalue weighted by Crippen LogP contribution is -2.56. The van der Waals surface area contributed by atoms with E-state index in [1.165, 1.54) is 7.11 Å². The highest BCUT2D eigenvalue weighted by Crippen LogP contribution is 2.11. The summed E-state index contributed by atoms with van der Waals surface area (Å²) in [6.07, 6.45) is 1.12. The van der Waals surface area contributed by atoms with Crippen LogP contribution in [-0.2, 0) is 23.9 Å². The van der Waals surface area contributed by atoms with Crippen LogP contribution in [0.2, 0.25) is 0 Å². The number of esters is 1. The van der Waals surface area contributed by atoms with E-state index < -0.39 is 47.6 Å². The molecule has 186 valence electrons. The molecule has 0 saturated heterocycles. The first-order chi connectivity index (χ1) is 14.7. The lowest BCUT2D eigenvalue weighted by Gasteiger charge is -2.27. The monoisotopic (exact) mass is 457 g/mol. The molecule has 9 nitrogen and oxygen atoms in total. The maximum atomic E-state index is 13.0. The molecule has 0 heterocycles. The van der Waals surface area contributed by atoms with Crippen molar-refractivity contribution < 1.29 is 28.7 Å². The molecule has 0 fully saturated rings. The van der Waals surface area contributed by atoms with Crippen molar-refractivity contribution in [2.24, 2.45) is 11.8 Å². The van der Waals surface area contributed by atoms with E-state index in [0.29, 0.717) is 25.7 Å². The number of nitrogens with one attached hydrogen (secondary N) is 3. The Morgan fingerprint density at radius 1 is 0.781 bits per heavy atom. The Bertz CT molecular complexity index is 628. The van der Waals surface area contributed by atoms with E-state index in [-0.39, 0.29) is 11.8 Å². The van der Waals surface area contributed by atoms with Gasteiger partial charge in [-0.3, -0.25) is 9.59 Å². The van der Waals surface area contributed by atoms with Gasteiger partial charge in [-0.15, -0.1) is 0 Å². The van der Waals surface area contributed by atoms with Crippen molar-refractivity contribution in [1.82, 2.24) is 16.0 Å². The van der Waals surface area contributed by atoms with Gasteiger partial charge in [0.15, 0.2) is 0 Å². The largest absolute Gasteiger partial charge is 0.467 e. The number of ether oxygens (including phenoxy) is 2. The Hall–Kier alpha value is -2.32. The molecule has 0 aliphatic heterocycles. The zero-order chi connectivity index (χ0) is 25.1. The van der Waals surface area contributed by atoms with Crippen LogP contribution in [0.3, 0.4) is 0 Å². The van der Waals surface area contributed by atoms with Crippen molar-refractivity contribution in [1.29, 1.82) is 0 Å². The van der Waals surface area contributed by atoms with Gasteiger partial charge in [-0.05, 0) is 51.9 Å². The minimum atomic E-state index is -0.857. The van der Waals surface area contributed by atoms with Crippen LogP contribution < -0.4 is 16.0 Å². The Labute approximate surface area is 192 Å². The maximum Gasteiger partial charge on any atom is 0.408 e. The standard InChI is InChI=1S/C23H43N3O6/c1-10-11-16(19(27)25-18(13-15(4)5)21(29)31-9)24-20(28)17(12-14(2)3)26-22(30)32-23(6,7)8/h14-18H,10-13H2,1-9H3,(H,24,28)(H,25,27)(H,26,30)/t16?,17-,18-/m0/s1. The number of alkyl carbamates (subject to hydrolysis) is 1. The third-order valence-electron chi connectivity index (χ3n) is 4.43. The highest BCUT2D eigenvalue weighted by Gasteiger charge is 2.31. The number of hydrogen-bond donors (Lipinski definition) is 3. The van der Waals surface area contributed by atoms with Crippen molar-refractivity contribution in [3.05, 3.63) is 0 Å². The predicted octanol–water partition coefficient (Wildman–Crippen LogP) is 2.91. The zero-order valence-electron chi connectivity index (χ0n) is 21.2. The molecule has 3 N–H and O–H groups in total. The fourth-order valence-electron chi connectivity index (χ4n) is 3.08. The second-order valence-electron chi connectivity index (χ2n) is 9.89. The van der Waals surface area contributed by atoms with Crippen molar-refractivity contribution in [3.63, 3.8) is 0 Å². The molecule has 0 aromatic carbocycles. The summed E-state index contributed by atoms with van der Waals surface area (Å²) in [6.45, 7) is 14.8. The quantitative estimate of drug-likeness (QED) is 0.387. The van der Waals surface area contributed by atoms with Gasteiger partial charge in [-0.25, -0.2) is 9.59 Å². The van der Waals surface area contributed by atoms with Crippen LogP contribution in [0.25, 0.3) is 0 Å². The number of methoxy groups -OCH3 is 1. The third-order valence-corrected chi connectivity index (χ3v) is 4.43. The highest BCUT2D eigenvalue weighted by atomic mass is 16.6. The summed E-state index contributed by atoms with van der Waals surface area (Å²) >= 11 is 0. The van der Waals surface area contributed by atoms with Crippen LogP contribution in [0.4, 0.5) is 4.79 Å². The molecular weight excluding hydrogens is 414 g/mol. The van der Waals surface area contributed by atoms with Crippen LogP contribution in [0.1, 0.15) is 81.1 Å². The van der Waals surface area contributed by atoms with Crippen LogP contribution in [0, 0.1) is 11.8 Å². The van der Waals surface area contributed by atoms with Crippen molar-refractivity contribution in [2.75, 3.05) is 7.11 Å². The van der Waals surface area contributed by atoms with Gasteiger partial charge in [0.25, 0.3) is 0 Å². The molecule has 32 heavy (non-hydrogen) atoms.